The SMILES string of the molecule is CNCCCN(C)S(=O)(=O)N1CCCC(COC)C1. The van der Waals surface area contributed by atoms with Crippen molar-refractivity contribution in [2.45, 2.75) is 19.3 Å². The predicted octanol–water partition coefficient (Wildman–Crippen LogP) is 0.131. The molecule has 6 nitrogen and oxygen atoms in total. The van der Waals surface area contributed by atoms with Gasteiger partial charge in [0, 0.05) is 33.8 Å². The second kappa shape index (κ2) is 8.16. The average Bonchev–Trinajstić information content (AvgIpc) is 2.39. The Balaban J connectivity index is 2.55. The first-order valence-electron chi connectivity index (χ1n) is 6.87. The number of nitrogens with zero attached hydrogens (tertiary/aromatic N) is 2. The first-order valence-corrected chi connectivity index (χ1v) is 8.27. The fraction of sp³-hybridized carbons (Fsp3) is 1.00. The molecule has 1 N–H and O–H groups in total. The van der Waals surface area contributed by atoms with Gasteiger partial charge in [-0.1, -0.05) is 0 Å². The monoisotopic (exact) mass is 293 g/mol. The Morgan fingerprint density at radius 1 is 1.47 bits per heavy atom. The van der Waals surface area contributed by atoms with E-state index in [0.717, 1.165) is 25.8 Å². The second-order valence-electron chi connectivity index (χ2n) is 5.11. The van der Waals surface area contributed by atoms with E-state index in [1.807, 2.05) is 7.05 Å². The van der Waals surface area contributed by atoms with Gasteiger partial charge in [0.05, 0.1) is 6.61 Å². The van der Waals surface area contributed by atoms with Gasteiger partial charge in [0.1, 0.15) is 0 Å². The highest BCUT2D eigenvalue weighted by atomic mass is 32.2. The van der Waals surface area contributed by atoms with Crippen LogP contribution in [0.2, 0.25) is 0 Å². The normalized spacial score (nSPS) is 22.0. The van der Waals surface area contributed by atoms with Crippen LogP contribution in [0.3, 0.4) is 0 Å². The summed E-state index contributed by atoms with van der Waals surface area (Å²) in [5.74, 6) is 0.319. The van der Waals surface area contributed by atoms with E-state index in [9.17, 15) is 8.42 Å². The zero-order valence-corrected chi connectivity index (χ0v) is 13.1. The second-order valence-corrected chi connectivity index (χ2v) is 7.14. The summed E-state index contributed by atoms with van der Waals surface area (Å²) in [6, 6.07) is 0. The molecular formula is C12H27N3O3S. The molecule has 0 amide bonds. The van der Waals surface area contributed by atoms with Crippen molar-refractivity contribution >= 4 is 10.2 Å². The summed E-state index contributed by atoms with van der Waals surface area (Å²) in [5.41, 5.74) is 0. The standard InChI is InChI=1S/C12H27N3O3S/c1-13-7-5-8-14(2)19(16,17)15-9-4-6-12(10-15)11-18-3/h12-13H,4-11H2,1-3H3. The lowest BCUT2D eigenvalue weighted by molar-refractivity contribution is 0.116. The first kappa shape index (κ1) is 16.8. The van der Waals surface area contributed by atoms with Crippen molar-refractivity contribution < 1.29 is 13.2 Å². The summed E-state index contributed by atoms with van der Waals surface area (Å²) in [5, 5.41) is 3.03. The summed E-state index contributed by atoms with van der Waals surface area (Å²) < 4.78 is 33.0. The lowest BCUT2D eigenvalue weighted by Gasteiger charge is -2.34. The molecule has 1 atom stereocenters. The Kier molecular flexibility index (Phi) is 7.23. The Labute approximate surface area is 117 Å². The average molecular weight is 293 g/mol. The van der Waals surface area contributed by atoms with E-state index in [1.165, 1.54) is 4.31 Å². The van der Waals surface area contributed by atoms with Gasteiger partial charge >= 0.3 is 0 Å². The van der Waals surface area contributed by atoms with Crippen LogP contribution >= 0.6 is 0 Å². The Hall–Kier alpha value is -0.210. The molecule has 0 aromatic rings. The van der Waals surface area contributed by atoms with E-state index in [1.54, 1.807) is 18.5 Å². The van der Waals surface area contributed by atoms with Crippen molar-refractivity contribution in [2.75, 3.05) is 54.0 Å². The molecule has 1 aliphatic rings. The molecule has 114 valence electrons. The Morgan fingerprint density at radius 2 is 2.21 bits per heavy atom. The zero-order valence-electron chi connectivity index (χ0n) is 12.3. The lowest BCUT2D eigenvalue weighted by Crippen LogP contribution is -2.47. The summed E-state index contributed by atoms with van der Waals surface area (Å²) in [6.45, 7) is 3.21. The van der Waals surface area contributed by atoms with Crippen molar-refractivity contribution in [3.05, 3.63) is 0 Å². The maximum atomic E-state index is 12.4. The minimum absolute atomic E-state index is 0.319. The maximum absolute atomic E-state index is 12.4. The molecule has 1 rings (SSSR count). The van der Waals surface area contributed by atoms with Gasteiger partial charge in [-0.25, -0.2) is 0 Å². The van der Waals surface area contributed by atoms with Crippen LogP contribution in [0.4, 0.5) is 0 Å². The molecule has 0 bridgehead atoms. The largest absolute Gasteiger partial charge is 0.384 e. The van der Waals surface area contributed by atoms with Gasteiger partial charge in [0.25, 0.3) is 10.2 Å². The molecule has 0 radical (unpaired) electrons. The molecule has 1 heterocycles. The third kappa shape index (κ3) is 5.00. The van der Waals surface area contributed by atoms with Gasteiger partial charge in [-0.2, -0.15) is 17.0 Å². The van der Waals surface area contributed by atoms with Gasteiger partial charge in [0.2, 0.25) is 0 Å². The predicted molar refractivity (Wildman–Crippen MR) is 76.3 cm³/mol. The highest BCUT2D eigenvalue weighted by molar-refractivity contribution is 7.86. The molecular weight excluding hydrogens is 266 g/mol. The number of piperidine rings is 1. The molecule has 1 fully saturated rings. The van der Waals surface area contributed by atoms with Crippen LogP contribution in [0, 0.1) is 5.92 Å². The van der Waals surface area contributed by atoms with Crippen molar-refractivity contribution in [2.24, 2.45) is 5.92 Å². The van der Waals surface area contributed by atoms with Crippen LogP contribution in [-0.2, 0) is 14.9 Å². The van der Waals surface area contributed by atoms with E-state index in [2.05, 4.69) is 5.32 Å². The van der Waals surface area contributed by atoms with Gasteiger partial charge in [-0.15, -0.1) is 0 Å². The number of methoxy groups -OCH3 is 1. The van der Waals surface area contributed by atoms with Gasteiger partial charge < -0.3 is 10.1 Å². The quantitative estimate of drug-likeness (QED) is 0.646. The number of hydrogen-bond acceptors (Lipinski definition) is 4. The molecule has 1 unspecified atom stereocenters. The third-order valence-corrected chi connectivity index (χ3v) is 5.46. The van der Waals surface area contributed by atoms with Crippen molar-refractivity contribution in [3.63, 3.8) is 0 Å². The highest BCUT2D eigenvalue weighted by Gasteiger charge is 2.31. The molecule has 1 aliphatic heterocycles. The summed E-state index contributed by atoms with van der Waals surface area (Å²) in [7, 11) is 1.88. The van der Waals surface area contributed by atoms with E-state index in [4.69, 9.17) is 4.74 Å². The van der Waals surface area contributed by atoms with Gasteiger partial charge in [0.15, 0.2) is 0 Å². The fourth-order valence-corrected chi connectivity index (χ4v) is 3.91. The number of ether oxygens (including phenoxy) is 1. The van der Waals surface area contributed by atoms with E-state index >= 15 is 0 Å². The molecule has 0 spiro atoms. The van der Waals surface area contributed by atoms with Crippen molar-refractivity contribution in [1.82, 2.24) is 13.9 Å². The summed E-state index contributed by atoms with van der Waals surface area (Å²) in [6.07, 6.45) is 2.78. The Morgan fingerprint density at radius 3 is 2.84 bits per heavy atom. The van der Waals surface area contributed by atoms with Gasteiger partial charge in [-0.3, -0.25) is 0 Å². The van der Waals surface area contributed by atoms with Crippen molar-refractivity contribution in [3.8, 4) is 0 Å². The molecule has 19 heavy (non-hydrogen) atoms. The number of nitrogens with one attached hydrogen (secondary N) is 1. The highest BCUT2D eigenvalue weighted by Crippen LogP contribution is 2.20. The number of rotatable bonds is 8. The summed E-state index contributed by atoms with van der Waals surface area (Å²) >= 11 is 0. The molecule has 0 aromatic heterocycles. The minimum Gasteiger partial charge on any atom is -0.384 e. The van der Waals surface area contributed by atoms with Crippen LogP contribution in [0.15, 0.2) is 0 Å². The van der Waals surface area contributed by atoms with Crippen LogP contribution < -0.4 is 5.32 Å². The van der Waals surface area contributed by atoms with Crippen LogP contribution in [0.25, 0.3) is 0 Å². The molecule has 0 saturated carbocycles. The molecule has 0 aromatic carbocycles. The lowest BCUT2D eigenvalue weighted by atomic mass is 10.0. The van der Waals surface area contributed by atoms with Crippen LogP contribution in [0.1, 0.15) is 19.3 Å². The smallest absolute Gasteiger partial charge is 0.281 e. The van der Waals surface area contributed by atoms with Crippen molar-refractivity contribution in [1.29, 1.82) is 0 Å². The van der Waals surface area contributed by atoms with Crippen LogP contribution in [-0.4, -0.2) is 71.0 Å². The number of hydrogen-bond donors (Lipinski definition) is 1. The van der Waals surface area contributed by atoms with Crippen LogP contribution in [0.5, 0.6) is 0 Å². The van der Waals surface area contributed by atoms with E-state index < -0.39 is 10.2 Å². The first-order chi connectivity index (χ1) is 9.02. The molecule has 1 saturated heterocycles. The third-order valence-electron chi connectivity index (χ3n) is 3.50. The topological polar surface area (TPSA) is 61.9 Å². The van der Waals surface area contributed by atoms with E-state index in [-0.39, 0.29) is 0 Å². The van der Waals surface area contributed by atoms with E-state index in [0.29, 0.717) is 32.2 Å². The maximum Gasteiger partial charge on any atom is 0.281 e. The Bertz CT molecular complexity index is 346. The minimum atomic E-state index is -3.31. The fourth-order valence-electron chi connectivity index (χ4n) is 2.40. The molecule has 7 heteroatoms. The zero-order chi connectivity index (χ0) is 14.3. The summed E-state index contributed by atoms with van der Waals surface area (Å²) in [4.78, 5) is 0. The molecule has 0 aliphatic carbocycles. The van der Waals surface area contributed by atoms with Gasteiger partial charge in [-0.05, 0) is 38.8 Å².